The molecule has 0 N–H and O–H groups in total. The van der Waals surface area contributed by atoms with Crippen LogP contribution in [0.4, 0.5) is 0 Å². The van der Waals surface area contributed by atoms with Crippen LogP contribution in [0.25, 0.3) is 0 Å². The molecule has 126 valence electrons. The number of methoxy groups -OCH3 is 1. The second-order valence-electron chi connectivity index (χ2n) is 6.88. The van der Waals surface area contributed by atoms with E-state index in [2.05, 4.69) is 11.9 Å². The molecular weight excluding hydrogens is 292 g/mol. The summed E-state index contributed by atoms with van der Waals surface area (Å²) in [5.41, 5.74) is 0.188. The van der Waals surface area contributed by atoms with E-state index in [0.29, 0.717) is 5.92 Å². The van der Waals surface area contributed by atoms with Crippen molar-refractivity contribution in [2.24, 2.45) is 11.3 Å². The maximum absolute atomic E-state index is 12.5. The highest BCUT2D eigenvalue weighted by Crippen LogP contribution is 2.43. The minimum absolute atomic E-state index is 0.0800. The van der Waals surface area contributed by atoms with E-state index in [-0.39, 0.29) is 17.9 Å². The Morgan fingerprint density at radius 3 is 2.83 bits per heavy atom. The van der Waals surface area contributed by atoms with Crippen LogP contribution in [0.1, 0.15) is 6.42 Å². The molecule has 23 heavy (non-hydrogen) atoms. The van der Waals surface area contributed by atoms with E-state index in [1.54, 1.807) is 7.11 Å². The molecule has 2 atom stereocenters. The molecule has 0 unspecified atom stereocenters. The van der Waals surface area contributed by atoms with Crippen molar-refractivity contribution in [3.05, 3.63) is 30.3 Å². The molecule has 0 saturated carbocycles. The summed E-state index contributed by atoms with van der Waals surface area (Å²) in [6, 6.07) is 9.51. The van der Waals surface area contributed by atoms with Crippen LogP contribution in [0.15, 0.2) is 30.3 Å². The molecule has 1 aromatic carbocycles. The third-order valence-corrected chi connectivity index (χ3v) is 5.19. The molecule has 3 rings (SSSR count). The quantitative estimate of drug-likeness (QED) is 0.825. The Bertz CT molecular complexity index is 536. The number of hydrogen-bond donors (Lipinski definition) is 0. The highest BCUT2D eigenvalue weighted by atomic mass is 16.5. The average molecular weight is 318 g/mol. The van der Waals surface area contributed by atoms with Gasteiger partial charge in [0.25, 0.3) is 5.91 Å². The third-order valence-electron chi connectivity index (χ3n) is 5.19. The topological polar surface area (TPSA) is 42.0 Å². The molecule has 2 heterocycles. The number of likely N-dealkylation sites (tertiary alicyclic amines) is 2. The first-order chi connectivity index (χ1) is 11.1. The summed E-state index contributed by atoms with van der Waals surface area (Å²) in [5.74, 6) is 1.33. The molecule has 0 aromatic heterocycles. The lowest BCUT2D eigenvalue weighted by molar-refractivity contribution is -0.132. The zero-order valence-electron chi connectivity index (χ0n) is 14.0. The maximum Gasteiger partial charge on any atom is 0.260 e. The van der Waals surface area contributed by atoms with Gasteiger partial charge in [-0.05, 0) is 25.6 Å². The lowest BCUT2D eigenvalue weighted by Crippen LogP contribution is -2.39. The number of benzene rings is 1. The summed E-state index contributed by atoms with van der Waals surface area (Å²) in [6.45, 7) is 4.63. The van der Waals surface area contributed by atoms with Crippen LogP contribution >= 0.6 is 0 Å². The molecule has 2 aliphatic rings. The molecular formula is C18H26N2O3. The first-order valence-electron chi connectivity index (χ1n) is 8.26. The normalized spacial score (nSPS) is 27.7. The molecule has 0 bridgehead atoms. The van der Waals surface area contributed by atoms with Crippen LogP contribution in [0, 0.1) is 11.3 Å². The number of carbonyl (C=O) groups is 1. The van der Waals surface area contributed by atoms with E-state index in [1.165, 1.54) is 0 Å². The number of rotatable bonds is 5. The number of amides is 1. The maximum atomic E-state index is 12.5. The Hall–Kier alpha value is -1.59. The van der Waals surface area contributed by atoms with Crippen LogP contribution in [0.2, 0.25) is 0 Å². The van der Waals surface area contributed by atoms with E-state index in [9.17, 15) is 4.79 Å². The molecule has 5 nitrogen and oxygen atoms in total. The summed E-state index contributed by atoms with van der Waals surface area (Å²) in [4.78, 5) is 16.8. The third kappa shape index (κ3) is 3.51. The molecule has 0 radical (unpaired) electrons. The Balaban J connectivity index is 1.57. The average Bonchev–Trinajstić information content (AvgIpc) is 3.11. The fourth-order valence-corrected chi connectivity index (χ4v) is 4.06. The molecule has 5 heteroatoms. The second kappa shape index (κ2) is 6.89. The molecule has 1 aromatic rings. The first kappa shape index (κ1) is 16.3. The Kier molecular flexibility index (Phi) is 4.87. The predicted octanol–water partition coefficient (Wildman–Crippen LogP) is 1.49. The number of nitrogens with zero attached hydrogens (tertiary/aromatic N) is 2. The van der Waals surface area contributed by atoms with Crippen molar-refractivity contribution in [2.45, 2.75) is 6.42 Å². The zero-order chi connectivity index (χ0) is 16.3. The van der Waals surface area contributed by atoms with Gasteiger partial charge in [0.1, 0.15) is 5.75 Å². The van der Waals surface area contributed by atoms with Crippen LogP contribution in [0.5, 0.6) is 5.75 Å². The van der Waals surface area contributed by atoms with Gasteiger partial charge in [0, 0.05) is 44.6 Å². The van der Waals surface area contributed by atoms with Crippen LogP contribution < -0.4 is 4.74 Å². The lowest BCUT2D eigenvalue weighted by atomic mass is 9.78. The largest absolute Gasteiger partial charge is 0.484 e. The monoisotopic (exact) mass is 318 g/mol. The summed E-state index contributed by atoms with van der Waals surface area (Å²) >= 11 is 0. The Morgan fingerprint density at radius 1 is 1.30 bits per heavy atom. The highest BCUT2D eigenvalue weighted by molar-refractivity contribution is 5.78. The zero-order valence-corrected chi connectivity index (χ0v) is 14.0. The van der Waals surface area contributed by atoms with E-state index in [1.807, 2.05) is 35.2 Å². The summed E-state index contributed by atoms with van der Waals surface area (Å²) in [7, 11) is 3.91. The van der Waals surface area contributed by atoms with Gasteiger partial charge in [0.15, 0.2) is 6.61 Å². The van der Waals surface area contributed by atoms with Crippen LogP contribution in [-0.4, -0.2) is 69.3 Å². The molecule has 2 fully saturated rings. The van der Waals surface area contributed by atoms with Gasteiger partial charge in [0.05, 0.1) is 6.61 Å². The number of hydrogen-bond acceptors (Lipinski definition) is 4. The van der Waals surface area contributed by atoms with Crippen molar-refractivity contribution >= 4 is 5.91 Å². The summed E-state index contributed by atoms with van der Waals surface area (Å²) < 4.78 is 11.0. The minimum Gasteiger partial charge on any atom is -0.484 e. The minimum atomic E-state index is 0.0800. The van der Waals surface area contributed by atoms with Crippen molar-refractivity contribution in [3.63, 3.8) is 0 Å². The highest BCUT2D eigenvalue weighted by Gasteiger charge is 2.50. The van der Waals surface area contributed by atoms with Crippen molar-refractivity contribution in [2.75, 3.05) is 53.6 Å². The fraction of sp³-hybridized carbons (Fsp3) is 0.611. The summed E-state index contributed by atoms with van der Waals surface area (Å²) in [5, 5.41) is 0. The molecule has 2 aliphatic heterocycles. The van der Waals surface area contributed by atoms with E-state index >= 15 is 0 Å². The lowest BCUT2D eigenvalue weighted by Gasteiger charge is -2.30. The van der Waals surface area contributed by atoms with Crippen molar-refractivity contribution in [1.82, 2.24) is 9.80 Å². The Labute approximate surface area is 138 Å². The SMILES string of the molecule is COC[C@H]1CN(C)C[C@]12CCN(C(=O)COc1ccccc1)C2. The predicted molar refractivity (Wildman–Crippen MR) is 88.4 cm³/mol. The second-order valence-corrected chi connectivity index (χ2v) is 6.88. The first-order valence-corrected chi connectivity index (χ1v) is 8.26. The van der Waals surface area contributed by atoms with E-state index < -0.39 is 0 Å². The van der Waals surface area contributed by atoms with Gasteiger partial charge in [-0.2, -0.15) is 0 Å². The Morgan fingerprint density at radius 2 is 2.09 bits per heavy atom. The van der Waals surface area contributed by atoms with Crippen molar-refractivity contribution in [1.29, 1.82) is 0 Å². The number of carbonyl (C=O) groups excluding carboxylic acids is 1. The van der Waals surface area contributed by atoms with Gasteiger partial charge >= 0.3 is 0 Å². The standard InChI is InChI=1S/C18H26N2O3/c1-19-10-15(11-22-2)18(13-19)8-9-20(14-18)17(21)12-23-16-6-4-3-5-7-16/h3-7,15H,8-14H2,1-2H3/t15-,18+/m1/s1. The van der Waals surface area contributed by atoms with Crippen molar-refractivity contribution < 1.29 is 14.3 Å². The van der Waals surface area contributed by atoms with Gasteiger partial charge in [-0.15, -0.1) is 0 Å². The number of para-hydroxylation sites is 1. The molecule has 1 amide bonds. The smallest absolute Gasteiger partial charge is 0.260 e. The van der Waals surface area contributed by atoms with Gasteiger partial charge in [-0.3, -0.25) is 4.79 Å². The van der Waals surface area contributed by atoms with Crippen LogP contribution in [-0.2, 0) is 9.53 Å². The fourth-order valence-electron chi connectivity index (χ4n) is 4.06. The van der Waals surface area contributed by atoms with E-state index in [0.717, 1.165) is 45.0 Å². The van der Waals surface area contributed by atoms with Gasteiger partial charge in [-0.25, -0.2) is 0 Å². The van der Waals surface area contributed by atoms with Crippen molar-refractivity contribution in [3.8, 4) is 5.75 Å². The van der Waals surface area contributed by atoms with Gasteiger partial charge in [0.2, 0.25) is 0 Å². The van der Waals surface area contributed by atoms with E-state index in [4.69, 9.17) is 9.47 Å². The van der Waals surface area contributed by atoms with Gasteiger partial charge < -0.3 is 19.3 Å². The van der Waals surface area contributed by atoms with Gasteiger partial charge in [-0.1, -0.05) is 18.2 Å². The molecule has 1 spiro atoms. The molecule has 2 saturated heterocycles. The summed E-state index contributed by atoms with van der Waals surface area (Å²) in [6.07, 6.45) is 1.06. The number of ether oxygens (including phenoxy) is 2. The van der Waals surface area contributed by atoms with Crippen LogP contribution in [0.3, 0.4) is 0 Å². The molecule has 0 aliphatic carbocycles.